The number of aromatic nitrogens is 4. The molecule has 2 N–H and O–H groups in total. The number of hydrogen-bond donors (Lipinski definition) is 2. The second-order valence-corrected chi connectivity index (χ2v) is 5.33. The largest absolute Gasteiger partial charge is 0.281 e. The van der Waals surface area contributed by atoms with Crippen LogP contribution >= 0.6 is 0 Å². The maximum Gasteiger partial charge on any atom is 0.266 e. The number of nitrogens with one attached hydrogen (secondary N) is 2. The molecule has 2 aromatic rings. The summed E-state index contributed by atoms with van der Waals surface area (Å²) in [7, 11) is -1.97. The SMILES string of the molecule is Cc1n[nH]c(C)c1S(=O)(=O)Nc1ccnn1C. The molecule has 7 nitrogen and oxygen atoms in total. The molecule has 2 heterocycles. The predicted octanol–water partition coefficient (Wildman–Crippen LogP) is 0.561. The molecular weight excluding hydrogens is 242 g/mol. The summed E-state index contributed by atoms with van der Waals surface area (Å²) < 4.78 is 28.2. The quantitative estimate of drug-likeness (QED) is 0.838. The number of rotatable bonds is 3. The first-order valence-electron chi connectivity index (χ1n) is 4.94. The summed E-state index contributed by atoms with van der Waals surface area (Å²) in [5.41, 5.74) is 0.953. The van der Waals surface area contributed by atoms with Crippen molar-refractivity contribution < 1.29 is 8.42 Å². The third kappa shape index (κ3) is 2.03. The van der Waals surface area contributed by atoms with Crippen molar-refractivity contribution in [3.8, 4) is 0 Å². The molecule has 0 aliphatic carbocycles. The van der Waals surface area contributed by atoms with Crippen molar-refractivity contribution in [1.29, 1.82) is 0 Å². The van der Waals surface area contributed by atoms with Gasteiger partial charge in [-0.05, 0) is 13.8 Å². The normalized spacial score (nSPS) is 11.7. The fourth-order valence-electron chi connectivity index (χ4n) is 1.60. The zero-order chi connectivity index (χ0) is 12.6. The summed E-state index contributed by atoms with van der Waals surface area (Å²) in [5, 5.41) is 10.4. The number of aromatic amines is 1. The van der Waals surface area contributed by atoms with Crippen LogP contribution in [-0.2, 0) is 17.1 Å². The first kappa shape index (κ1) is 11.6. The lowest BCUT2D eigenvalue weighted by Gasteiger charge is -2.07. The highest BCUT2D eigenvalue weighted by Crippen LogP contribution is 2.19. The third-order valence-corrected chi connectivity index (χ3v) is 4.01. The van der Waals surface area contributed by atoms with Crippen LogP contribution < -0.4 is 4.72 Å². The van der Waals surface area contributed by atoms with Gasteiger partial charge in [0, 0.05) is 13.1 Å². The molecule has 2 rings (SSSR count). The lowest BCUT2D eigenvalue weighted by molar-refractivity contribution is 0.599. The van der Waals surface area contributed by atoms with Gasteiger partial charge in [-0.25, -0.2) is 8.42 Å². The molecule has 0 aliphatic rings. The zero-order valence-electron chi connectivity index (χ0n) is 9.72. The predicted molar refractivity (Wildman–Crippen MR) is 62.1 cm³/mol. The summed E-state index contributed by atoms with van der Waals surface area (Å²) >= 11 is 0. The van der Waals surface area contributed by atoms with Crippen LogP contribution in [0.2, 0.25) is 0 Å². The highest BCUT2D eigenvalue weighted by Gasteiger charge is 2.23. The first-order chi connectivity index (χ1) is 7.92. The molecule has 0 saturated carbocycles. The van der Waals surface area contributed by atoms with Gasteiger partial charge in [-0.2, -0.15) is 10.2 Å². The van der Waals surface area contributed by atoms with Gasteiger partial charge in [-0.15, -0.1) is 0 Å². The maximum atomic E-state index is 12.1. The Bertz CT molecular complexity index is 621. The molecule has 0 atom stereocenters. The van der Waals surface area contributed by atoms with Crippen molar-refractivity contribution in [1.82, 2.24) is 20.0 Å². The van der Waals surface area contributed by atoms with E-state index >= 15 is 0 Å². The Morgan fingerprint density at radius 3 is 2.59 bits per heavy atom. The molecule has 0 bridgehead atoms. The average Bonchev–Trinajstić information content (AvgIpc) is 2.74. The molecule has 0 radical (unpaired) electrons. The third-order valence-electron chi connectivity index (χ3n) is 2.39. The van der Waals surface area contributed by atoms with Crippen LogP contribution in [0.25, 0.3) is 0 Å². The molecule has 0 saturated heterocycles. The Morgan fingerprint density at radius 2 is 2.12 bits per heavy atom. The second-order valence-electron chi connectivity index (χ2n) is 3.71. The zero-order valence-corrected chi connectivity index (χ0v) is 10.5. The molecule has 0 aliphatic heterocycles. The van der Waals surface area contributed by atoms with E-state index in [0.29, 0.717) is 17.2 Å². The van der Waals surface area contributed by atoms with E-state index in [1.807, 2.05) is 0 Å². The van der Waals surface area contributed by atoms with Crippen molar-refractivity contribution in [2.75, 3.05) is 4.72 Å². The van der Waals surface area contributed by atoms with E-state index < -0.39 is 10.0 Å². The second kappa shape index (κ2) is 3.88. The number of hydrogen-bond acceptors (Lipinski definition) is 4. The smallest absolute Gasteiger partial charge is 0.266 e. The lowest BCUT2D eigenvalue weighted by atomic mass is 10.4. The molecular formula is C9H13N5O2S. The van der Waals surface area contributed by atoms with Gasteiger partial charge < -0.3 is 0 Å². The molecule has 2 aromatic heterocycles. The van der Waals surface area contributed by atoms with Crippen LogP contribution in [0.1, 0.15) is 11.4 Å². The van der Waals surface area contributed by atoms with Crippen LogP contribution in [0.5, 0.6) is 0 Å². The van der Waals surface area contributed by atoms with Crippen molar-refractivity contribution >= 4 is 15.8 Å². The lowest BCUT2D eigenvalue weighted by Crippen LogP contribution is -2.16. The van der Waals surface area contributed by atoms with E-state index in [1.54, 1.807) is 27.0 Å². The first-order valence-corrected chi connectivity index (χ1v) is 6.42. The van der Waals surface area contributed by atoms with Crippen LogP contribution in [0.3, 0.4) is 0 Å². The number of nitrogens with zero attached hydrogens (tertiary/aromatic N) is 3. The minimum atomic E-state index is -3.63. The Kier molecular flexibility index (Phi) is 2.66. The maximum absolute atomic E-state index is 12.1. The Hall–Kier alpha value is -1.83. The topological polar surface area (TPSA) is 92.7 Å². The van der Waals surface area contributed by atoms with E-state index in [9.17, 15) is 8.42 Å². The van der Waals surface area contributed by atoms with E-state index in [-0.39, 0.29) is 4.90 Å². The summed E-state index contributed by atoms with van der Waals surface area (Å²) in [5.74, 6) is 0.407. The van der Waals surface area contributed by atoms with Gasteiger partial charge in [0.05, 0.1) is 17.6 Å². The average molecular weight is 255 g/mol. The standard InChI is InChI=1S/C9H13N5O2S/c1-6-9(7(2)12-11-6)17(15,16)13-8-4-5-10-14(8)3/h4-5,13H,1-3H3,(H,11,12). The van der Waals surface area contributed by atoms with Crippen LogP contribution in [0.4, 0.5) is 5.82 Å². The summed E-state index contributed by atoms with van der Waals surface area (Å²) in [6, 6.07) is 1.59. The van der Waals surface area contributed by atoms with Crippen molar-refractivity contribution in [3.63, 3.8) is 0 Å². The van der Waals surface area contributed by atoms with Gasteiger partial charge in [0.15, 0.2) is 0 Å². The minimum absolute atomic E-state index is 0.179. The van der Waals surface area contributed by atoms with Crippen molar-refractivity contribution in [2.24, 2.45) is 7.05 Å². The van der Waals surface area contributed by atoms with Crippen LogP contribution in [-0.4, -0.2) is 28.4 Å². The molecule has 92 valence electrons. The van der Waals surface area contributed by atoms with Gasteiger partial charge in [-0.1, -0.05) is 0 Å². The van der Waals surface area contributed by atoms with Crippen LogP contribution in [0, 0.1) is 13.8 Å². The number of anilines is 1. The minimum Gasteiger partial charge on any atom is -0.281 e. The van der Waals surface area contributed by atoms with E-state index in [4.69, 9.17) is 0 Å². The monoisotopic (exact) mass is 255 g/mol. The Morgan fingerprint density at radius 1 is 1.41 bits per heavy atom. The number of H-pyrrole nitrogens is 1. The van der Waals surface area contributed by atoms with Gasteiger partial charge >= 0.3 is 0 Å². The fraction of sp³-hybridized carbons (Fsp3) is 0.333. The van der Waals surface area contributed by atoms with E-state index in [1.165, 1.54) is 10.9 Å². The van der Waals surface area contributed by atoms with Gasteiger partial charge in [-0.3, -0.25) is 14.5 Å². The van der Waals surface area contributed by atoms with E-state index in [2.05, 4.69) is 20.0 Å². The highest BCUT2D eigenvalue weighted by molar-refractivity contribution is 7.92. The molecule has 0 unspecified atom stereocenters. The van der Waals surface area contributed by atoms with E-state index in [0.717, 1.165) is 0 Å². The number of sulfonamides is 1. The molecule has 17 heavy (non-hydrogen) atoms. The summed E-state index contributed by atoms with van der Waals surface area (Å²) in [4.78, 5) is 0.179. The molecule has 8 heteroatoms. The van der Waals surface area contributed by atoms with Crippen molar-refractivity contribution in [2.45, 2.75) is 18.7 Å². The number of aryl methyl sites for hydroxylation is 3. The van der Waals surface area contributed by atoms with Crippen molar-refractivity contribution in [3.05, 3.63) is 23.7 Å². The fourth-order valence-corrected chi connectivity index (χ4v) is 3.06. The Labute approximate surface area is 98.9 Å². The molecule has 0 spiro atoms. The summed E-state index contributed by atoms with van der Waals surface area (Å²) in [6.45, 7) is 3.30. The van der Waals surface area contributed by atoms with Crippen LogP contribution in [0.15, 0.2) is 17.2 Å². The highest BCUT2D eigenvalue weighted by atomic mass is 32.2. The molecule has 0 aromatic carbocycles. The van der Waals surface area contributed by atoms with Gasteiger partial charge in [0.1, 0.15) is 10.7 Å². The Balaban J connectivity index is 2.42. The van der Waals surface area contributed by atoms with Gasteiger partial charge in [0.2, 0.25) is 0 Å². The molecule has 0 amide bonds. The molecule has 0 fully saturated rings. The summed E-state index contributed by atoms with van der Waals surface area (Å²) in [6.07, 6.45) is 1.52. The van der Waals surface area contributed by atoms with Gasteiger partial charge in [0.25, 0.3) is 10.0 Å².